The Morgan fingerprint density at radius 2 is 1.48 bits per heavy atom. The van der Waals surface area contributed by atoms with Crippen molar-refractivity contribution in [1.29, 1.82) is 0 Å². The lowest BCUT2D eigenvalue weighted by Gasteiger charge is -2.35. The van der Waals surface area contributed by atoms with Crippen LogP contribution in [-0.2, 0) is 29.3 Å². The van der Waals surface area contributed by atoms with Gasteiger partial charge in [0.05, 0.1) is 11.0 Å². The largest absolute Gasteiger partial charge is 0.328 e. The zero-order valence-electron chi connectivity index (χ0n) is 15.8. The van der Waals surface area contributed by atoms with Gasteiger partial charge in [-0.25, -0.2) is 4.79 Å². The summed E-state index contributed by atoms with van der Waals surface area (Å²) >= 11 is 0. The van der Waals surface area contributed by atoms with E-state index in [4.69, 9.17) is 4.18 Å². The van der Waals surface area contributed by atoms with Crippen molar-refractivity contribution in [2.24, 2.45) is 0 Å². The maximum atomic E-state index is 12.7. The SMILES string of the molecule is Cc1ccc(S(=O)(=O)OC(C)CC2(c3ccccc3)C(=O)NC(=O)NC2=O)cc1. The number of benzene rings is 2. The van der Waals surface area contributed by atoms with E-state index in [9.17, 15) is 22.8 Å². The molecule has 1 atom stereocenters. The van der Waals surface area contributed by atoms with Crippen molar-refractivity contribution in [2.45, 2.75) is 36.7 Å². The normalized spacial score (nSPS) is 17.4. The lowest BCUT2D eigenvalue weighted by Crippen LogP contribution is -2.65. The second kappa shape index (κ2) is 7.76. The first-order valence-electron chi connectivity index (χ1n) is 8.87. The molecule has 1 saturated heterocycles. The predicted octanol–water partition coefficient (Wildman–Crippen LogP) is 1.78. The van der Waals surface area contributed by atoms with Gasteiger partial charge in [0.15, 0.2) is 5.41 Å². The van der Waals surface area contributed by atoms with Gasteiger partial charge in [-0.15, -0.1) is 0 Å². The highest BCUT2D eigenvalue weighted by Gasteiger charge is 2.52. The highest BCUT2D eigenvalue weighted by molar-refractivity contribution is 7.86. The van der Waals surface area contributed by atoms with E-state index in [1.165, 1.54) is 19.1 Å². The van der Waals surface area contributed by atoms with Gasteiger partial charge >= 0.3 is 6.03 Å². The van der Waals surface area contributed by atoms with Gasteiger partial charge in [-0.2, -0.15) is 8.42 Å². The van der Waals surface area contributed by atoms with Crippen LogP contribution in [0.15, 0.2) is 59.5 Å². The maximum absolute atomic E-state index is 12.7. The molecule has 0 radical (unpaired) electrons. The van der Waals surface area contributed by atoms with Crippen molar-refractivity contribution in [2.75, 3.05) is 0 Å². The molecule has 29 heavy (non-hydrogen) atoms. The lowest BCUT2D eigenvalue weighted by atomic mass is 9.73. The first-order valence-corrected chi connectivity index (χ1v) is 10.3. The number of amides is 4. The van der Waals surface area contributed by atoms with Gasteiger partial charge in [-0.1, -0.05) is 48.0 Å². The van der Waals surface area contributed by atoms with Crippen LogP contribution in [0, 0.1) is 6.92 Å². The molecule has 0 spiro atoms. The average molecular weight is 416 g/mol. The van der Waals surface area contributed by atoms with Gasteiger partial charge in [-0.05, 0) is 31.5 Å². The Morgan fingerprint density at radius 3 is 2.03 bits per heavy atom. The molecule has 0 bridgehead atoms. The molecule has 1 unspecified atom stereocenters. The summed E-state index contributed by atoms with van der Waals surface area (Å²) in [6.45, 7) is 3.28. The Balaban J connectivity index is 1.92. The van der Waals surface area contributed by atoms with Crippen LogP contribution in [0.4, 0.5) is 4.79 Å². The quantitative estimate of drug-likeness (QED) is 0.547. The van der Waals surface area contributed by atoms with Gasteiger partial charge in [0.25, 0.3) is 10.1 Å². The molecule has 2 N–H and O–H groups in total. The molecule has 1 aliphatic heterocycles. The topological polar surface area (TPSA) is 119 Å². The molecular formula is C20H20N2O6S. The van der Waals surface area contributed by atoms with E-state index in [1.807, 2.05) is 6.92 Å². The van der Waals surface area contributed by atoms with Gasteiger partial charge in [0, 0.05) is 6.42 Å². The molecule has 0 saturated carbocycles. The van der Waals surface area contributed by atoms with Crippen molar-refractivity contribution in [1.82, 2.24) is 10.6 Å². The molecule has 2 aromatic carbocycles. The number of barbiturate groups is 1. The summed E-state index contributed by atoms with van der Waals surface area (Å²) in [6, 6.07) is 13.3. The Labute approximate surface area is 168 Å². The van der Waals surface area contributed by atoms with Crippen molar-refractivity contribution in [3.8, 4) is 0 Å². The molecule has 0 aromatic heterocycles. The molecule has 0 aliphatic carbocycles. The highest BCUT2D eigenvalue weighted by atomic mass is 32.2. The van der Waals surface area contributed by atoms with Crippen molar-refractivity contribution in [3.05, 3.63) is 65.7 Å². The number of hydrogen-bond acceptors (Lipinski definition) is 6. The summed E-state index contributed by atoms with van der Waals surface area (Å²) in [7, 11) is -4.11. The van der Waals surface area contributed by atoms with E-state index in [-0.39, 0.29) is 11.3 Å². The molecular weight excluding hydrogens is 396 g/mol. The maximum Gasteiger partial charge on any atom is 0.328 e. The molecule has 4 amide bonds. The van der Waals surface area contributed by atoms with Crippen molar-refractivity contribution in [3.63, 3.8) is 0 Å². The molecule has 1 aliphatic rings. The third-order valence-electron chi connectivity index (χ3n) is 4.69. The average Bonchev–Trinajstić information content (AvgIpc) is 2.65. The third-order valence-corrected chi connectivity index (χ3v) is 6.12. The monoisotopic (exact) mass is 416 g/mol. The summed E-state index contributed by atoms with van der Waals surface area (Å²) < 4.78 is 30.4. The molecule has 1 fully saturated rings. The Bertz CT molecular complexity index is 1030. The zero-order valence-corrected chi connectivity index (χ0v) is 16.7. The molecule has 9 heteroatoms. The molecule has 152 valence electrons. The van der Waals surface area contributed by atoms with Crippen LogP contribution in [-0.4, -0.2) is 32.4 Å². The Morgan fingerprint density at radius 1 is 0.931 bits per heavy atom. The number of rotatable bonds is 6. The number of carbonyl (C=O) groups is 3. The number of urea groups is 1. The molecule has 3 rings (SSSR count). The summed E-state index contributed by atoms with van der Waals surface area (Å²) in [4.78, 5) is 37.0. The molecule has 2 aromatic rings. The van der Waals surface area contributed by atoms with Crippen LogP contribution in [0.25, 0.3) is 0 Å². The van der Waals surface area contributed by atoms with E-state index in [0.29, 0.717) is 5.56 Å². The number of nitrogens with one attached hydrogen (secondary N) is 2. The second-order valence-electron chi connectivity index (χ2n) is 6.89. The van der Waals surface area contributed by atoms with Crippen LogP contribution in [0.2, 0.25) is 0 Å². The smallest absolute Gasteiger partial charge is 0.277 e. The minimum absolute atomic E-state index is 0.0311. The summed E-state index contributed by atoms with van der Waals surface area (Å²) in [5.74, 6) is -1.67. The first kappa shape index (κ1) is 20.7. The third kappa shape index (κ3) is 4.06. The van der Waals surface area contributed by atoms with E-state index in [2.05, 4.69) is 10.6 Å². The predicted molar refractivity (Wildman–Crippen MR) is 103 cm³/mol. The van der Waals surface area contributed by atoms with Gasteiger partial charge in [0.1, 0.15) is 0 Å². The standard InChI is InChI=1S/C20H20N2O6S/c1-13-8-10-16(11-9-13)29(26,27)28-14(2)12-20(15-6-4-3-5-7-15)17(23)21-19(25)22-18(20)24/h3-11,14H,12H2,1-2H3,(H2,21,22,23,24,25). The van der Waals surface area contributed by atoms with E-state index < -0.39 is 39.5 Å². The van der Waals surface area contributed by atoms with Crippen LogP contribution in [0.1, 0.15) is 24.5 Å². The van der Waals surface area contributed by atoms with Gasteiger partial charge in [0.2, 0.25) is 11.8 Å². The van der Waals surface area contributed by atoms with Crippen molar-refractivity contribution >= 4 is 28.0 Å². The fraction of sp³-hybridized carbons (Fsp3) is 0.250. The second-order valence-corrected chi connectivity index (χ2v) is 8.46. The molecule has 1 heterocycles. The highest BCUT2D eigenvalue weighted by Crippen LogP contribution is 2.33. The summed E-state index contributed by atoms with van der Waals surface area (Å²) in [6.07, 6.45) is -1.32. The van der Waals surface area contributed by atoms with E-state index in [1.54, 1.807) is 42.5 Å². The Hall–Kier alpha value is -3.04. The molecule has 8 nitrogen and oxygen atoms in total. The summed E-state index contributed by atoms with van der Waals surface area (Å²) in [5, 5.41) is 4.18. The van der Waals surface area contributed by atoms with Crippen LogP contribution >= 0.6 is 0 Å². The minimum atomic E-state index is -4.11. The number of imide groups is 2. The lowest BCUT2D eigenvalue weighted by molar-refractivity contribution is -0.140. The number of hydrogen-bond donors (Lipinski definition) is 2. The van der Waals surface area contributed by atoms with Gasteiger partial charge in [-0.3, -0.25) is 24.4 Å². The zero-order chi connectivity index (χ0) is 21.2. The van der Waals surface area contributed by atoms with Crippen LogP contribution < -0.4 is 10.6 Å². The fourth-order valence-electron chi connectivity index (χ4n) is 3.28. The van der Waals surface area contributed by atoms with Gasteiger partial charge < -0.3 is 0 Å². The minimum Gasteiger partial charge on any atom is -0.277 e. The Kier molecular flexibility index (Phi) is 5.54. The van der Waals surface area contributed by atoms with E-state index >= 15 is 0 Å². The number of aryl methyl sites for hydroxylation is 1. The first-order chi connectivity index (χ1) is 13.6. The van der Waals surface area contributed by atoms with Crippen LogP contribution in [0.5, 0.6) is 0 Å². The van der Waals surface area contributed by atoms with E-state index in [0.717, 1.165) is 5.56 Å². The number of carbonyl (C=O) groups excluding carboxylic acids is 3. The fourth-order valence-corrected chi connectivity index (χ4v) is 4.37. The summed E-state index contributed by atoms with van der Waals surface area (Å²) in [5.41, 5.74) is -0.594. The van der Waals surface area contributed by atoms with Crippen molar-refractivity contribution < 1.29 is 27.0 Å². The van der Waals surface area contributed by atoms with Crippen LogP contribution in [0.3, 0.4) is 0 Å².